The van der Waals surface area contributed by atoms with Gasteiger partial charge in [-0.15, -0.1) is 5.10 Å². The summed E-state index contributed by atoms with van der Waals surface area (Å²) in [5.74, 6) is -0.0653. The zero-order chi connectivity index (χ0) is 38.1. The number of hydrogen-bond acceptors (Lipinski definition) is 9. The number of fused-ring (bicyclic) bond motifs is 1. The van der Waals surface area contributed by atoms with E-state index in [1.54, 1.807) is 36.9 Å². The van der Waals surface area contributed by atoms with Crippen LogP contribution in [0.4, 0.5) is 0 Å². The lowest BCUT2D eigenvalue weighted by atomic mass is 10.0. The molecule has 6 rings (SSSR count). The van der Waals surface area contributed by atoms with Crippen molar-refractivity contribution in [2.45, 2.75) is 74.4 Å². The Morgan fingerprint density at radius 2 is 1.38 bits per heavy atom. The predicted molar refractivity (Wildman–Crippen MR) is 200 cm³/mol. The molecule has 0 radical (unpaired) electrons. The summed E-state index contributed by atoms with van der Waals surface area (Å²) in [4.78, 5) is 58.3. The molecule has 0 aliphatic rings. The summed E-state index contributed by atoms with van der Waals surface area (Å²) < 4.78 is 1.67. The highest BCUT2D eigenvalue weighted by Gasteiger charge is 2.14. The zero-order valence-corrected chi connectivity index (χ0v) is 30.5. The second-order valence-electron chi connectivity index (χ2n) is 12.7. The van der Waals surface area contributed by atoms with Gasteiger partial charge in [0.25, 0.3) is 0 Å². The number of benzene rings is 1. The first kappa shape index (κ1) is 38.5. The highest BCUT2D eigenvalue weighted by molar-refractivity contribution is 5.94. The number of carbonyl (C=O) groups is 1. The fourth-order valence-electron chi connectivity index (χ4n) is 5.90. The zero-order valence-electron chi connectivity index (χ0n) is 30.5. The lowest BCUT2D eigenvalue weighted by molar-refractivity contribution is 0.0978. The molecule has 0 saturated carbocycles. The van der Waals surface area contributed by atoms with E-state index in [1.807, 2.05) is 58.9 Å². The molecule has 0 spiro atoms. The van der Waals surface area contributed by atoms with Gasteiger partial charge in [0.15, 0.2) is 5.78 Å². The van der Waals surface area contributed by atoms with Crippen LogP contribution in [0.1, 0.15) is 78.6 Å². The van der Waals surface area contributed by atoms with E-state index in [1.165, 1.54) is 6.07 Å². The van der Waals surface area contributed by atoms with E-state index in [0.29, 0.717) is 42.9 Å². The van der Waals surface area contributed by atoms with Crippen LogP contribution in [0.3, 0.4) is 0 Å². The van der Waals surface area contributed by atoms with Crippen LogP contribution in [-0.4, -0.2) is 40.7 Å². The number of aryl methyl sites for hydroxylation is 7. The number of nitrogens with two attached hydrogens (primary N) is 1. The van der Waals surface area contributed by atoms with E-state index < -0.39 is 0 Å². The predicted octanol–water partition coefficient (Wildman–Crippen LogP) is 4.62. The number of aromatic nitrogens is 7. The maximum absolute atomic E-state index is 12.6. The summed E-state index contributed by atoms with van der Waals surface area (Å²) in [6.45, 7) is 13.9. The van der Waals surface area contributed by atoms with Gasteiger partial charge in [-0.25, -0.2) is 4.68 Å². The number of pyridine rings is 4. The minimum absolute atomic E-state index is 0.0581. The molecule has 6 aromatic rings. The Kier molecular flexibility index (Phi) is 12.7. The first-order chi connectivity index (χ1) is 24.7. The van der Waals surface area contributed by atoms with Crippen LogP contribution in [0.25, 0.3) is 10.9 Å². The number of Topliss-reactive ketones (excluding diaryl/α,β-unsaturated/α-hetero) is 1. The molecule has 52 heavy (non-hydrogen) atoms. The summed E-state index contributed by atoms with van der Waals surface area (Å²) in [6.07, 6.45) is 2.55. The highest BCUT2D eigenvalue weighted by Crippen LogP contribution is 2.17. The van der Waals surface area contributed by atoms with E-state index in [9.17, 15) is 19.2 Å². The molecular formula is C39H43N9O4. The molecule has 0 aliphatic carbocycles. The van der Waals surface area contributed by atoms with Crippen molar-refractivity contribution >= 4 is 16.7 Å². The van der Waals surface area contributed by atoms with Crippen molar-refractivity contribution in [3.8, 4) is 6.07 Å². The fraction of sp³-hybridized carbons (Fsp3) is 0.282. The van der Waals surface area contributed by atoms with Crippen LogP contribution < -0.4 is 22.4 Å². The number of ketones is 1. The van der Waals surface area contributed by atoms with Gasteiger partial charge < -0.3 is 20.7 Å². The van der Waals surface area contributed by atoms with Gasteiger partial charge in [-0.05, 0) is 106 Å². The van der Waals surface area contributed by atoms with Crippen LogP contribution in [0.15, 0.2) is 69.1 Å². The largest absolute Gasteiger partial charge is 0.326 e. The molecule has 0 unspecified atom stereocenters. The van der Waals surface area contributed by atoms with Crippen molar-refractivity contribution in [1.29, 1.82) is 5.26 Å². The van der Waals surface area contributed by atoms with Gasteiger partial charge in [-0.1, -0.05) is 17.3 Å². The molecule has 0 amide bonds. The second-order valence-corrected chi connectivity index (χ2v) is 12.7. The van der Waals surface area contributed by atoms with Gasteiger partial charge >= 0.3 is 0 Å². The van der Waals surface area contributed by atoms with Gasteiger partial charge in [0.2, 0.25) is 16.7 Å². The van der Waals surface area contributed by atoms with Crippen LogP contribution in [0.2, 0.25) is 0 Å². The topological polar surface area (TPSA) is 209 Å². The number of nitrogens with zero attached hydrogens (tertiary/aromatic N) is 5. The fourth-order valence-corrected chi connectivity index (χ4v) is 5.90. The SMILES string of the molecule is Cc1cc(=O)[nH]c(C)c1C#N.Cc1cc(=O)[nH]c(C)c1CN.Cc1ccc2cc(Cn3cc(C(=O)CCc4c(C)cc(=O)[nH]c4C)nn3)ccc2n1. The summed E-state index contributed by atoms with van der Waals surface area (Å²) in [5.41, 5.74) is 16.0. The van der Waals surface area contributed by atoms with Gasteiger partial charge in [-0.2, -0.15) is 5.26 Å². The second kappa shape index (κ2) is 17.1. The molecule has 5 N–H and O–H groups in total. The van der Waals surface area contributed by atoms with Crippen LogP contribution in [-0.2, 0) is 19.5 Å². The smallest absolute Gasteiger partial charge is 0.248 e. The molecule has 5 heterocycles. The van der Waals surface area contributed by atoms with Crippen molar-refractivity contribution in [3.63, 3.8) is 0 Å². The molecular weight excluding hydrogens is 658 g/mol. The Balaban J connectivity index is 0.000000224. The van der Waals surface area contributed by atoms with Crippen LogP contribution in [0.5, 0.6) is 0 Å². The maximum Gasteiger partial charge on any atom is 0.248 e. The quantitative estimate of drug-likeness (QED) is 0.171. The minimum Gasteiger partial charge on any atom is -0.326 e. The molecule has 0 saturated heterocycles. The number of hydrogen-bond donors (Lipinski definition) is 4. The first-order valence-electron chi connectivity index (χ1n) is 16.7. The molecule has 0 fully saturated rings. The molecule has 0 atom stereocenters. The van der Waals surface area contributed by atoms with Gasteiger partial charge in [0.1, 0.15) is 11.8 Å². The van der Waals surface area contributed by atoms with Crippen LogP contribution >= 0.6 is 0 Å². The number of aromatic amines is 3. The molecule has 5 aromatic heterocycles. The maximum atomic E-state index is 12.6. The normalized spacial score (nSPS) is 10.5. The number of nitrogens with one attached hydrogen (secondary N) is 3. The third kappa shape index (κ3) is 9.92. The van der Waals surface area contributed by atoms with Crippen molar-refractivity contribution in [2.75, 3.05) is 0 Å². The molecule has 1 aromatic carbocycles. The third-order valence-corrected chi connectivity index (χ3v) is 8.58. The summed E-state index contributed by atoms with van der Waals surface area (Å²) in [6, 6.07) is 16.7. The molecule has 0 aliphatic heterocycles. The summed E-state index contributed by atoms with van der Waals surface area (Å²) in [7, 11) is 0. The number of nitriles is 1. The Labute approximate surface area is 300 Å². The van der Waals surface area contributed by atoms with E-state index >= 15 is 0 Å². The summed E-state index contributed by atoms with van der Waals surface area (Å²) >= 11 is 0. The minimum atomic E-state index is -0.154. The van der Waals surface area contributed by atoms with Gasteiger partial charge in [0, 0.05) is 59.3 Å². The molecule has 0 bridgehead atoms. The summed E-state index contributed by atoms with van der Waals surface area (Å²) in [5, 5.41) is 17.9. The molecule has 13 heteroatoms. The van der Waals surface area contributed by atoms with Crippen molar-refractivity contribution in [1.82, 2.24) is 34.9 Å². The average Bonchev–Trinajstić information content (AvgIpc) is 3.53. The van der Waals surface area contributed by atoms with Crippen molar-refractivity contribution < 1.29 is 4.79 Å². The van der Waals surface area contributed by atoms with Crippen LogP contribution in [0, 0.1) is 59.8 Å². The number of H-pyrrole nitrogens is 3. The Hall–Kier alpha value is -6.26. The Morgan fingerprint density at radius 3 is 1.96 bits per heavy atom. The number of carbonyl (C=O) groups excluding carboxylic acids is 1. The van der Waals surface area contributed by atoms with E-state index in [2.05, 4.69) is 42.4 Å². The highest BCUT2D eigenvalue weighted by atomic mass is 16.1. The van der Waals surface area contributed by atoms with E-state index in [4.69, 9.17) is 11.0 Å². The van der Waals surface area contributed by atoms with Gasteiger partial charge in [0.05, 0.1) is 23.8 Å². The average molecular weight is 702 g/mol. The lowest BCUT2D eigenvalue weighted by Gasteiger charge is -2.07. The lowest BCUT2D eigenvalue weighted by Crippen LogP contribution is -2.12. The molecule has 268 valence electrons. The monoisotopic (exact) mass is 701 g/mol. The standard InChI is InChI=1S/C23H23N5O2.C8H12N2O.C8H8N2O/c1-14-10-23(30)25-16(3)19(14)7-9-22(29)21-13-28(27-26-21)12-17-5-8-20-18(11-17)6-4-15(2)24-20;2*1-5-3-8(11)10-6(2)7(5)4-9/h4-6,8,10-11,13H,7,9,12H2,1-3H3,(H,25,30);3H,4,9H2,1-2H3,(H,10,11);3H,1-2H3,(H,10,11). The van der Waals surface area contributed by atoms with Gasteiger partial charge in [-0.3, -0.25) is 24.2 Å². The first-order valence-corrected chi connectivity index (χ1v) is 16.7. The van der Waals surface area contributed by atoms with Crippen molar-refractivity contribution in [3.05, 3.63) is 153 Å². The molecule has 13 nitrogen and oxygen atoms in total. The van der Waals surface area contributed by atoms with E-state index in [-0.39, 0.29) is 22.5 Å². The Bertz CT molecular complexity index is 2390. The number of rotatable bonds is 7. The van der Waals surface area contributed by atoms with E-state index in [0.717, 1.165) is 61.4 Å². The third-order valence-electron chi connectivity index (χ3n) is 8.58. The Morgan fingerprint density at radius 1 is 0.788 bits per heavy atom. The van der Waals surface area contributed by atoms with Crippen molar-refractivity contribution in [2.24, 2.45) is 5.73 Å².